The molecule has 1 fully saturated rings. The van der Waals surface area contributed by atoms with Crippen LogP contribution in [0.2, 0.25) is 0 Å². The molecule has 56 valence electrons. The van der Waals surface area contributed by atoms with Crippen LogP contribution in [0, 0.1) is 17.2 Å². The molecular formula is C8H14N2. The monoisotopic (exact) mass is 138 g/mol. The summed E-state index contributed by atoms with van der Waals surface area (Å²) in [6, 6.07) is 2.28. The van der Waals surface area contributed by atoms with Crippen molar-refractivity contribution < 1.29 is 0 Å². The summed E-state index contributed by atoms with van der Waals surface area (Å²) >= 11 is 0. The third kappa shape index (κ3) is 1.71. The summed E-state index contributed by atoms with van der Waals surface area (Å²) in [6.45, 7) is 5.23. The molecule has 1 unspecified atom stereocenters. The predicted molar refractivity (Wildman–Crippen MR) is 40.4 cm³/mol. The van der Waals surface area contributed by atoms with Gasteiger partial charge in [0, 0.05) is 12.1 Å². The Morgan fingerprint density at radius 1 is 1.60 bits per heavy atom. The Labute approximate surface area is 62.2 Å². The zero-order valence-corrected chi connectivity index (χ0v) is 6.65. The minimum absolute atomic E-state index is 0.244. The first-order valence-corrected chi connectivity index (χ1v) is 3.79. The molecule has 1 saturated heterocycles. The standard InChI is InChI=1S/C8H14N2/c1-8(2)4-3-7(5-9)6-10-8/h7,10H,3-4,6H2,1-2H3. The van der Waals surface area contributed by atoms with Crippen LogP contribution in [0.5, 0.6) is 0 Å². The van der Waals surface area contributed by atoms with Crippen LogP contribution in [0.3, 0.4) is 0 Å². The number of rotatable bonds is 0. The van der Waals surface area contributed by atoms with Gasteiger partial charge in [0.15, 0.2) is 0 Å². The van der Waals surface area contributed by atoms with Crippen molar-refractivity contribution >= 4 is 0 Å². The highest BCUT2D eigenvalue weighted by Crippen LogP contribution is 2.20. The molecule has 1 aliphatic heterocycles. The van der Waals surface area contributed by atoms with Gasteiger partial charge in [-0.25, -0.2) is 0 Å². The first-order chi connectivity index (χ1) is 4.64. The summed E-state index contributed by atoms with van der Waals surface area (Å²) in [4.78, 5) is 0. The number of hydrogen-bond donors (Lipinski definition) is 1. The molecule has 0 aliphatic carbocycles. The molecule has 1 rings (SSSR count). The van der Waals surface area contributed by atoms with E-state index in [0.717, 1.165) is 19.4 Å². The van der Waals surface area contributed by atoms with E-state index >= 15 is 0 Å². The second kappa shape index (κ2) is 2.59. The van der Waals surface area contributed by atoms with Gasteiger partial charge in [0.2, 0.25) is 0 Å². The van der Waals surface area contributed by atoms with Crippen molar-refractivity contribution in [2.75, 3.05) is 6.54 Å². The Morgan fingerprint density at radius 2 is 2.30 bits per heavy atom. The Bertz CT molecular complexity index is 145. The van der Waals surface area contributed by atoms with Gasteiger partial charge in [-0.15, -0.1) is 0 Å². The fraction of sp³-hybridized carbons (Fsp3) is 0.875. The second-order valence-electron chi connectivity index (χ2n) is 3.63. The lowest BCUT2D eigenvalue weighted by Gasteiger charge is -2.33. The van der Waals surface area contributed by atoms with Gasteiger partial charge in [0.05, 0.1) is 12.0 Å². The predicted octanol–water partition coefficient (Wildman–Crippen LogP) is 1.29. The van der Waals surface area contributed by atoms with E-state index in [1.165, 1.54) is 0 Å². The van der Waals surface area contributed by atoms with Gasteiger partial charge >= 0.3 is 0 Å². The molecule has 0 bridgehead atoms. The van der Waals surface area contributed by atoms with Crippen molar-refractivity contribution in [3.63, 3.8) is 0 Å². The first kappa shape index (κ1) is 7.56. The van der Waals surface area contributed by atoms with E-state index in [1.807, 2.05) is 0 Å². The van der Waals surface area contributed by atoms with E-state index in [9.17, 15) is 0 Å². The zero-order valence-electron chi connectivity index (χ0n) is 6.65. The number of nitriles is 1. The van der Waals surface area contributed by atoms with E-state index < -0.39 is 0 Å². The van der Waals surface area contributed by atoms with Crippen LogP contribution in [-0.4, -0.2) is 12.1 Å². The maximum absolute atomic E-state index is 8.57. The molecular weight excluding hydrogens is 124 g/mol. The van der Waals surface area contributed by atoms with Gasteiger partial charge < -0.3 is 5.32 Å². The molecule has 10 heavy (non-hydrogen) atoms. The SMILES string of the molecule is CC1(C)CCC(C#N)CN1. The van der Waals surface area contributed by atoms with Crippen LogP contribution >= 0.6 is 0 Å². The van der Waals surface area contributed by atoms with Crippen LogP contribution in [0.25, 0.3) is 0 Å². The molecule has 2 nitrogen and oxygen atoms in total. The lowest BCUT2D eigenvalue weighted by Crippen LogP contribution is -2.46. The van der Waals surface area contributed by atoms with Crippen molar-refractivity contribution in [2.24, 2.45) is 5.92 Å². The summed E-state index contributed by atoms with van der Waals surface area (Å²) in [7, 11) is 0. The molecule has 1 N–H and O–H groups in total. The van der Waals surface area contributed by atoms with E-state index in [2.05, 4.69) is 25.2 Å². The number of nitrogens with one attached hydrogen (secondary N) is 1. The van der Waals surface area contributed by atoms with Gasteiger partial charge in [-0.2, -0.15) is 5.26 Å². The number of hydrogen-bond acceptors (Lipinski definition) is 2. The fourth-order valence-corrected chi connectivity index (χ4v) is 1.24. The van der Waals surface area contributed by atoms with Gasteiger partial charge in [-0.05, 0) is 26.7 Å². The molecule has 0 saturated carbocycles. The molecule has 1 heterocycles. The minimum atomic E-state index is 0.244. The highest BCUT2D eigenvalue weighted by Gasteiger charge is 2.25. The molecule has 0 spiro atoms. The van der Waals surface area contributed by atoms with Gasteiger partial charge in [0.25, 0.3) is 0 Å². The maximum atomic E-state index is 8.57. The summed E-state index contributed by atoms with van der Waals surface area (Å²) in [5.74, 6) is 0.244. The van der Waals surface area contributed by atoms with Crippen LogP contribution < -0.4 is 5.32 Å². The molecule has 1 aliphatic rings. The maximum Gasteiger partial charge on any atom is 0.0669 e. The summed E-state index contributed by atoms with van der Waals surface area (Å²) in [5.41, 5.74) is 0.257. The van der Waals surface area contributed by atoms with Crippen LogP contribution in [0.4, 0.5) is 0 Å². The molecule has 0 aromatic carbocycles. The minimum Gasteiger partial charge on any atom is -0.310 e. The summed E-state index contributed by atoms with van der Waals surface area (Å²) in [6.07, 6.45) is 2.17. The lowest BCUT2D eigenvalue weighted by atomic mass is 9.88. The molecule has 0 aromatic heterocycles. The topological polar surface area (TPSA) is 35.8 Å². The first-order valence-electron chi connectivity index (χ1n) is 3.79. The van der Waals surface area contributed by atoms with E-state index in [4.69, 9.17) is 5.26 Å². The van der Waals surface area contributed by atoms with Gasteiger partial charge in [-0.1, -0.05) is 0 Å². The van der Waals surface area contributed by atoms with Gasteiger partial charge in [0.1, 0.15) is 0 Å². The van der Waals surface area contributed by atoms with Crippen molar-refractivity contribution in [3.05, 3.63) is 0 Å². The molecule has 1 atom stereocenters. The zero-order chi connectivity index (χ0) is 7.61. The second-order valence-corrected chi connectivity index (χ2v) is 3.63. The quantitative estimate of drug-likeness (QED) is 0.547. The third-order valence-corrected chi connectivity index (χ3v) is 2.13. The van der Waals surface area contributed by atoms with Crippen molar-refractivity contribution in [3.8, 4) is 6.07 Å². The van der Waals surface area contributed by atoms with Crippen molar-refractivity contribution in [1.82, 2.24) is 5.32 Å². The van der Waals surface area contributed by atoms with Crippen molar-refractivity contribution in [1.29, 1.82) is 5.26 Å². The lowest BCUT2D eigenvalue weighted by molar-refractivity contribution is 0.271. The highest BCUT2D eigenvalue weighted by molar-refractivity contribution is 4.93. The molecule has 2 heteroatoms. The van der Waals surface area contributed by atoms with Crippen LogP contribution in [-0.2, 0) is 0 Å². The Balaban J connectivity index is 2.40. The highest BCUT2D eigenvalue weighted by atomic mass is 15.0. The Hall–Kier alpha value is -0.550. The van der Waals surface area contributed by atoms with Crippen LogP contribution in [0.15, 0.2) is 0 Å². The Kier molecular flexibility index (Phi) is 1.96. The van der Waals surface area contributed by atoms with E-state index in [1.54, 1.807) is 0 Å². The summed E-state index contributed by atoms with van der Waals surface area (Å²) in [5, 5.41) is 11.9. The molecule has 0 radical (unpaired) electrons. The van der Waals surface area contributed by atoms with Crippen molar-refractivity contribution in [2.45, 2.75) is 32.2 Å². The average molecular weight is 138 g/mol. The average Bonchev–Trinajstić information content (AvgIpc) is 1.88. The summed E-state index contributed by atoms with van der Waals surface area (Å²) < 4.78 is 0. The number of piperidine rings is 1. The van der Waals surface area contributed by atoms with Gasteiger partial charge in [-0.3, -0.25) is 0 Å². The van der Waals surface area contributed by atoms with Crippen LogP contribution in [0.1, 0.15) is 26.7 Å². The third-order valence-electron chi connectivity index (χ3n) is 2.13. The normalized spacial score (nSPS) is 31.1. The smallest absolute Gasteiger partial charge is 0.0669 e. The van der Waals surface area contributed by atoms with E-state index in [0.29, 0.717) is 0 Å². The van der Waals surface area contributed by atoms with E-state index in [-0.39, 0.29) is 11.5 Å². The molecule has 0 aromatic rings. The fourth-order valence-electron chi connectivity index (χ4n) is 1.24. The largest absolute Gasteiger partial charge is 0.310 e. The molecule has 0 amide bonds. The number of nitrogens with zero attached hydrogens (tertiary/aromatic N) is 1. The Morgan fingerprint density at radius 3 is 2.70 bits per heavy atom.